The largest absolute Gasteiger partial charge is 0.455 e. The molecule has 0 N–H and O–H groups in total. The van der Waals surface area contributed by atoms with E-state index in [9.17, 15) is 22.8 Å². The predicted molar refractivity (Wildman–Crippen MR) is 105 cm³/mol. The zero-order valence-electron chi connectivity index (χ0n) is 16.8. The highest BCUT2D eigenvalue weighted by Gasteiger charge is 2.30. The molecule has 2 heterocycles. The highest BCUT2D eigenvalue weighted by atomic mass is 19.4. The number of aromatic nitrogens is 2. The van der Waals surface area contributed by atoms with Gasteiger partial charge in [-0.2, -0.15) is 13.2 Å². The van der Waals surface area contributed by atoms with Crippen LogP contribution in [0.5, 0.6) is 11.5 Å². The summed E-state index contributed by atoms with van der Waals surface area (Å²) in [6.45, 7) is 1.09. The maximum atomic E-state index is 12.8. The van der Waals surface area contributed by atoms with Crippen molar-refractivity contribution in [2.75, 3.05) is 6.61 Å². The number of pyridine rings is 1. The van der Waals surface area contributed by atoms with E-state index in [2.05, 4.69) is 4.98 Å². The number of rotatable bonds is 7. The van der Waals surface area contributed by atoms with E-state index in [0.717, 1.165) is 4.57 Å². The third kappa shape index (κ3) is 5.50. The summed E-state index contributed by atoms with van der Waals surface area (Å²) in [7, 11) is 0. The molecular weight excluding hydrogens is 413 g/mol. The van der Waals surface area contributed by atoms with E-state index in [1.165, 1.54) is 32.2 Å². The first-order valence-electron chi connectivity index (χ1n) is 9.26. The average Bonchev–Trinajstić information content (AvgIpc) is 3.00. The van der Waals surface area contributed by atoms with Crippen LogP contribution in [-0.4, -0.2) is 34.1 Å². The van der Waals surface area contributed by atoms with Crippen LogP contribution in [0.3, 0.4) is 0 Å². The monoisotopic (exact) mass is 432 g/mol. The van der Waals surface area contributed by atoms with Crippen LogP contribution in [0.15, 0.2) is 54.9 Å². The van der Waals surface area contributed by atoms with Crippen molar-refractivity contribution in [2.45, 2.75) is 26.6 Å². The van der Waals surface area contributed by atoms with Crippen molar-refractivity contribution in [3.63, 3.8) is 0 Å². The Kier molecular flexibility index (Phi) is 6.43. The van der Waals surface area contributed by atoms with E-state index in [1.54, 1.807) is 36.5 Å². The number of esters is 1. The van der Waals surface area contributed by atoms with Crippen molar-refractivity contribution in [1.29, 1.82) is 0 Å². The van der Waals surface area contributed by atoms with Gasteiger partial charge in [0.2, 0.25) is 5.78 Å². The molecule has 1 aromatic carbocycles. The minimum atomic E-state index is -4.42. The molecule has 0 aliphatic heterocycles. The third-order valence-electron chi connectivity index (χ3n) is 4.51. The zero-order chi connectivity index (χ0) is 22.6. The third-order valence-corrected chi connectivity index (χ3v) is 4.51. The molecule has 162 valence electrons. The molecular formula is C22H19F3N2O4. The quantitative estimate of drug-likeness (QED) is 0.393. The Morgan fingerprint density at radius 3 is 2.48 bits per heavy atom. The molecule has 0 fully saturated rings. The molecule has 0 aliphatic carbocycles. The van der Waals surface area contributed by atoms with Crippen LogP contribution in [0.1, 0.15) is 32.1 Å². The second kappa shape index (κ2) is 9.03. The summed E-state index contributed by atoms with van der Waals surface area (Å²) < 4.78 is 50.0. The van der Waals surface area contributed by atoms with Crippen LogP contribution in [0.2, 0.25) is 0 Å². The van der Waals surface area contributed by atoms with Crippen LogP contribution in [-0.2, 0) is 11.3 Å². The van der Waals surface area contributed by atoms with Gasteiger partial charge in [0.05, 0.1) is 6.20 Å². The first kappa shape index (κ1) is 22.1. The number of ketones is 1. The predicted octanol–water partition coefficient (Wildman–Crippen LogP) is 4.89. The standard InChI is InChI=1S/C22H19F3N2O4/c1-14-10-18(15(2)27(14)13-22(23,24)25)19(28)12-30-21(29)17-7-3-4-8-20(17)31-16-6-5-9-26-11-16/h3-11H,12-13H2,1-2H3. The lowest BCUT2D eigenvalue weighted by Crippen LogP contribution is -2.20. The Labute approximate surface area is 176 Å². The van der Waals surface area contributed by atoms with Crippen LogP contribution in [0.4, 0.5) is 13.2 Å². The van der Waals surface area contributed by atoms with Gasteiger partial charge in [-0.05, 0) is 44.2 Å². The van der Waals surface area contributed by atoms with Crippen LogP contribution in [0.25, 0.3) is 0 Å². The number of para-hydroxylation sites is 1. The smallest absolute Gasteiger partial charge is 0.406 e. The minimum Gasteiger partial charge on any atom is -0.455 e. The van der Waals surface area contributed by atoms with Crippen molar-refractivity contribution in [1.82, 2.24) is 9.55 Å². The lowest BCUT2D eigenvalue weighted by Gasteiger charge is -2.12. The molecule has 0 atom stereocenters. The first-order valence-corrected chi connectivity index (χ1v) is 9.26. The molecule has 2 aromatic heterocycles. The highest BCUT2D eigenvalue weighted by Crippen LogP contribution is 2.26. The molecule has 0 bridgehead atoms. The summed E-state index contributed by atoms with van der Waals surface area (Å²) in [5, 5.41) is 0. The number of nitrogens with zero attached hydrogens (tertiary/aromatic N) is 2. The topological polar surface area (TPSA) is 70.4 Å². The molecule has 0 amide bonds. The maximum Gasteiger partial charge on any atom is 0.406 e. The van der Waals surface area contributed by atoms with Gasteiger partial charge in [-0.3, -0.25) is 9.78 Å². The molecule has 3 aromatic rings. The lowest BCUT2D eigenvalue weighted by molar-refractivity contribution is -0.141. The van der Waals surface area contributed by atoms with Gasteiger partial charge in [0, 0.05) is 23.1 Å². The molecule has 0 radical (unpaired) electrons. The number of benzene rings is 1. The fraction of sp³-hybridized carbons (Fsp3) is 0.227. The SMILES string of the molecule is Cc1cc(C(=O)COC(=O)c2ccccc2Oc2cccnc2)c(C)n1CC(F)(F)F. The van der Waals surface area contributed by atoms with Crippen LogP contribution in [0, 0.1) is 13.8 Å². The van der Waals surface area contributed by atoms with E-state index in [1.807, 2.05) is 0 Å². The Balaban J connectivity index is 1.71. The number of halogens is 3. The molecule has 3 rings (SSSR count). The number of ether oxygens (including phenoxy) is 2. The van der Waals surface area contributed by atoms with Crippen molar-refractivity contribution in [2.24, 2.45) is 0 Å². The van der Waals surface area contributed by atoms with Crippen molar-refractivity contribution in [3.05, 3.63) is 77.4 Å². The second-order valence-corrected chi connectivity index (χ2v) is 6.77. The normalized spacial score (nSPS) is 11.3. The highest BCUT2D eigenvalue weighted by molar-refractivity contribution is 6.01. The van der Waals surface area contributed by atoms with Gasteiger partial charge in [0.15, 0.2) is 6.61 Å². The van der Waals surface area contributed by atoms with Gasteiger partial charge in [0.1, 0.15) is 23.6 Å². The summed E-state index contributed by atoms with van der Waals surface area (Å²) in [6.07, 6.45) is -1.37. The summed E-state index contributed by atoms with van der Waals surface area (Å²) in [5.41, 5.74) is 0.632. The first-order chi connectivity index (χ1) is 14.7. The van der Waals surface area contributed by atoms with E-state index >= 15 is 0 Å². The number of Topliss-reactive ketones (excluding diaryl/α,β-unsaturated/α-hetero) is 1. The minimum absolute atomic E-state index is 0.0782. The van der Waals surface area contributed by atoms with Gasteiger partial charge in [-0.25, -0.2) is 4.79 Å². The van der Waals surface area contributed by atoms with Crippen molar-refractivity contribution >= 4 is 11.8 Å². The molecule has 0 saturated carbocycles. The molecule has 0 saturated heterocycles. The molecule has 6 nitrogen and oxygen atoms in total. The molecule has 0 aliphatic rings. The molecule has 0 spiro atoms. The van der Waals surface area contributed by atoms with Gasteiger partial charge in [-0.15, -0.1) is 0 Å². The zero-order valence-corrected chi connectivity index (χ0v) is 16.8. The van der Waals surface area contributed by atoms with E-state index in [0.29, 0.717) is 11.4 Å². The second-order valence-electron chi connectivity index (χ2n) is 6.77. The van der Waals surface area contributed by atoms with E-state index in [4.69, 9.17) is 9.47 Å². The molecule has 9 heteroatoms. The number of carbonyl (C=O) groups is 2. The Hall–Kier alpha value is -3.62. The number of hydrogen-bond acceptors (Lipinski definition) is 5. The summed E-state index contributed by atoms with van der Waals surface area (Å²) in [5.74, 6) is -0.760. The van der Waals surface area contributed by atoms with Crippen LogP contribution >= 0.6 is 0 Å². The van der Waals surface area contributed by atoms with Crippen molar-refractivity contribution < 1.29 is 32.2 Å². The fourth-order valence-corrected chi connectivity index (χ4v) is 3.05. The fourth-order valence-electron chi connectivity index (χ4n) is 3.05. The summed E-state index contributed by atoms with van der Waals surface area (Å²) >= 11 is 0. The Morgan fingerprint density at radius 1 is 1.06 bits per heavy atom. The molecule has 0 unspecified atom stereocenters. The van der Waals surface area contributed by atoms with E-state index < -0.39 is 31.1 Å². The average molecular weight is 432 g/mol. The Morgan fingerprint density at radius 2 is 1.81 bits per heavy atom. The van der Waals surface area contributed by atoms with Gasteiger partial charge in [0.25, 0.3) is 0 Å². The number of aryl methyl sites for hydroxylation is 1. The van der Waals surface area contributed by atoms with Gasteiger partial charge >= 0.3 is 12.1 Å². The van der Waals surface area contributed by atoms with Gasteiger partial charge in [-0.1, -0.05) is 12.1 Å². The number of alkyl halides is 3. The number of hydrogen-bond donors (Lipinski definition) is 0. The molecule has 31 heavy (non-hydrogen) atoms. The van der Waals surface area contributed by atoms with Gasteiger partial charge < -0.3 is 14.0 Å². The van der Waals surface area contributed by atoms with Crippen LogP contribution < -0.4 is 4.74 Å². The summed E-state index contributed by atoms with van der Waals surface area (Å²) in [6, 6.07) is 11.0. The van der Waals surface area contributed by atoms with E-state index in [-0.39, 0.29) is 22.6 Å². The lowest BCUT2D eigenvalue weighted by atomic mass is 10.1. The number of carbonyl (C=O) groups excluding carboxylic acids is 2. The van der Waals surface area contributed by atoms with Crippen molar-refractivity contribution in [3.8, 4) is 11.5 Å². The maximum absolute atomic E-state index is 12.8. The Bertz CT molecular complexity index is 1090. The summed E-state index contributed by atoms with van der Waals surface area (Å²) in [4.78, 5) is 28.9.